The molecule has 0 fully saturated rings. The van der Waals surface area contributed by atoms with Crippen molar-refractivity contribution in [1.82, 2.24) is 0 Å². The quantitative estimate of drug-likeness (QED) is 0.144. The summed E-state index contributed by atoms with van der Waals surface area (Å²) in [5.41, 5.74) is -3.28. The van der Waals surface area contributed by atoms with E-state index in [1.54, 1.807) is 6.07 Å². The first-order chi connectivity index (χ1) is 16.9. The van der Waals surface area contributed by atoms with Gasteiger partial charge in [0.1, 0.15) is 0 Å². The molecule has 0 aliphatic heterocycles. The Morgan fingerprint density at radius 2 is 0.722 bits per heavy atom. The number of rotatable bonds is 3. The molecule has 0 unspecified atom stereocenters. The number of phenols is 12. The first kappa shape index (κ1) is 23.6. The van der Waals surface area contributed by atoms with Gasteiger partial charge in [0.05, 0.1) is 5.56 Å². The van der Waals surface area contributed by atoms with E-state index in [0.717, 1.165) is 6.07 Å². The number of hydrogen-bond acceptors (Lipinski definition) is 12. The lowest BCUT2D eigenvalue weighted by Crippen LogP contribution is -1.94. The summed E-state index contributed by atoms with van der Waals surface area (Å²) < 4.78 is 0. The van der Waals surface area contributed by atoms with Crippen molar-refractivity contribution in [2.24, 2.45) is 0 Å². The molecule has 0 saturated carbocycles. The van der Waals surface area contributed by atoms with Crippen LogP contribution in [0.4, 0.5) is 0 Å². The topological polar surface area (TPSA) is 243 Å². The van der Waals surface area contributed by atoms with Crippen LogP contribution in [0.3, 0.4) is 0 Å². The zero-order valence-electron chi connectivity index (χ0n) is 17.8. The van der Waals surface area contributed by atoms with E-state index in [9.17, 15) is 61.3 Å². The minimum absolute atomic E-state index is 0.169. The fourth-order valence-corrected chi connectivity index (χ4v) is 3.86. The molecule has 0 aromatic heterocycles. The highest BCUT2D eigenvalue weighted by molar-refractivity contribution is 6.05. The lowest BCUT2D eigenvalue weighted by atomic mass is 9.85. The zero-order chi connectivity index (χ0) is 26.6. The van der Waals surface area contributed by atoms with Crippen molar-refractivity contribution in [3.63, 3.8) is 0 Å². The number of phenolic OH excluding ortho intramolecular Hbond substituents is 12. The van der Waals surface area contributed by atoms with E-state index in [2.05, 4.69) is 0 Å². The minimum Gasteiger partial charge on any atom is -0.504 e. The molecule has 0 heterocycles. The highest BCUT2D eigenvalue weighted by Crippen LogP contribution is 2.64. The van der Waals surface area contributed by atoms with Crippen LogP contribution in [0, 0.1) is 0 Å². The van der Waals surface area contributed by atoms with Crippen LogP contribution in [-0.4, -0.2) is 61.3 Å². The molecular weight excluding hydrogens is 480 g/mol. The smallest absolute Gasteiger partial charge is 0.208 e. The first-order valence-corrected chi connectivity index (χ1v) is 9.92. The van der Waals surface area contributed by atoms with Gasteiger partial charge in [-0.1, -0.05) is 30.3 Å². The molecule has 0 radical (unpaired) electrons. The summed E-state index contributed by atoms with van der Waals surface area (Å²) in [7, 11) is 0. The van der Waals surface area contributed by atoms with Gasteiger partial charge in [0, 0.05) is 22.3 Å². The lowest BCUT2D eigenvalue weighted by Gasteiger charge is -2.22. The molecule has 4 rings (SSSR count). The Morgan fingerprint density at radius 1 is 0.333 bits per heavy atom. The summed E-state index contributed by atoms with van der Waals surface area (Å²) in [6.07, 6.45) is 0. The maximum absolute atomic E-state index is 10.8. The van der Waals surface area contributed by atoms with Crippen LogP contribution in [0.5, 0.6) is 69.0 Å². The van der Waals surface area contributed by atoms with Crippen molar-refractivity contribution < 1.29 is 61.3 Å². The Bertz CT molecular complexity index is 1520. The predicted molar refractivity (Wildman–Crippen MR) is 123 cm³/mol. The van der Waals surface area contributed by atoms with Gasteiger partial charge in [-0.3, -0.25) is 0 Å². The van der Waals surface area contributed by atoms with Gasteiger partial charge >= 0.3 is 0 Å². The highest BCUT2D eigenvalue weighted by Gasteiger charge is 2.34. The molecular formula is C24H18O12. The van der Waals surface area contributed by atoms with E-state index < -0.39 is 91.2 Å². The van der Waals surface area contributed by atoms with Crippen LogP contribution in [0.25, 0.3) is 33.4 Å². The van der Waals surface area contributed by atoms with Gasteiger partial charge in [0.2, 0.25) is 34.5 Å². The predicted octanol–water partition coefficient (Wildman–Crippen LogP) is 3.15. The van der Waals surface area contributed by atoms with Gasteiger partial charge in [-0.25, -0.2) is 0 Å². The molecule has 36 heavy (non-hydrogen) atoms. The molecule has 12 nitrogen and oxygen atoms in total. The first-order valence-electron chi connectivity index (χ1n) is 9.92. The lowest BCUT2D eigenvalue weighted by molar-refractivity contribution is 0.329. The summed E-state index contributed by atoms with van der Waals surface area (Å²) >= 11 is 0. The van der Waals surface area contributed by atoms with Crippen molar-refractivity contribution in [3.8, 4) is 102 Å². The molecule has 0 bridgehead atoms. The molecule has 0 aliphatic rings. The largest absolute Gasteiger partial charge is 0.504 e. The van der Waals surface area contributed by atoms with Crippen molar-refractivity contribution in [3.05, 3.63) is 36.4 Å². The average molecular weight is 498 g/mol. The molecule has 12 N–H and O–H groups in total. The number of aromatic hydroxyl groups is 12. The van der Waals surface area contributed by atoms with Gasteiger partial charge in [0.15, 0.2) is 34.5 Å². The van der Waals surface area contributed by atoms with Crippen LogP contribution in [0.15, 0.2) is 36.4 Å². The van der Waals surface area contributed by atoms with Crippen molar-refractivity contribution in [2.75, 3.05) is 0 Å². The van der Waals surface area contributed by atoms with Crippen LogP contribution >= 0.6 is 0 Å². The van der Waals surface area contributed by atoms with Gasteiger partial charge in [0.25, 0.3) is 0 Å². The van der Waals surface area contributed by atoms with E-state index in [1.165, 1.54) is 24.3 Å². The van der Waals surface area contributed by atoms with Crippen LogP contribution < -0.4 is 0 Å². The van der Waals surface area contributed by atoms with Crippen LogP contribution in [-0.2, 0) is 0 Å². The summed E-state index contributed by atoms with van der Waals surface area (Å²) in [6, 6.07) is 8.35. The summed E-state index contributed by atoms with van der Waals surface area (Å²) in [4.78, 5) is 0. The van der Waals surface area contributed by atoms with Crippen LogP contribution in [0.1, 0.15) is 0 Å². The Kier molecular flexibility index (Phi) is 5.29. The Hall–Kier alpha value is -5.52. The highest BCUT2D eigenvalue weighted by atomic mass is 16.4. The fourth-order valence-electron chi connectivity index (χ4n) is 3.86. The molecule has 12 heteroatoms. The monoisotopic (exact) mass is 498 g/mol. The van der Waals surface area contributed by atoms with Gasteiger partial charge < -0.3 is 61.3 Å². The van der Waals surface area contributed by atoms with Crippen LogP contribution in [0.2, 0.25) is 0 Å². The maximum Gasteiger partial charge on any atom is 0.208 e. The summed E-state index contributed by atoms with van der Waals surface area (Å²) in [5, 5.41) is 124. The van der Waals surface area contributed by atoms with Gasteiger partial charge in [-0.2, -0.15) is 0 Å². The summed E-state index contributed by atoms with van der Waals surface area (Å²) in [6.45, 7) is 0. The molecule has 0 spiro atoms. The Labute approximate surface area is 200 Å². The maximum atomic E-state index is 10.8. The SMILES string of the molecule is Oc1cc(-c2c(O)c(O)c(O)c(O)c2-c2c(O)c(O)c(O)c(O)c2O)c(-c2ccccc2)c(O)c1O. The van der Waals surface area contributed by atoms with Crippen molar-refractivity contribution in [1.29, 1.82) is 0 Å². The molecule has 0 saturated heterocycles. The van der Waals surface area contributed by atoms with E-state index in [-0.39, 0.29) is 11.1 Å². The average Bonchev–Trinajstić information content (AvgIpc) is 2.87. The number of benzene rings is 4. The molecule has 0 amide bonds. The van der Waals surface area contributed by atoms with Crippen molar-refractivity contribution >= 4 is 0 Å². The molecule has 0 aliphatic carbocycles. The van der Waals surface area contributed by atoms with Crippen molar-refractivity contribution in [2.45, 2.75) is 0 Å². The third-order valence-corrected chi connectivity index (χ3v) is 5.60. The number of hydrogen-bond donors (Lipinski definition) is 12. The second-order valence-electron chi connectivity index (χ2n) is 7.64. The van der Waals surface area contributed by atoms with E-state index in [4.69, 9.17) is 0 Å². The minimum atomic E-state index is -1.36. The van der Waals surface area contributed by atoms with E-state index >= 15 is 0 Å². The second kappa shape index (κ2) is 8.06. The molecule has 4 aromatic rings. The second-order valence-corrected chi connectivity index (χ2v) is 7.64. The zero-order valence-corrected chi connectivity index (χ0v) is 17.8. The Morgan fingerprint density at radius 3 is 1.22 bits per heavy atom. The Balaban J connectivity index is 2.29. The van der Waals surface area contributed by atoms with Gasteiger partial charge in [-0.05, 0) is 11.6 Å². The summed E-state index contributed by atoms with van der Waals surface area (Å²) in [5.74, 6) is -14.8. The molecule has 0 atom stereocenters. The third kappa shape index (κ3) is 3.16. The van der Waals surface area contributed by atoms with E-state index in [1.807, 2.05) is 0 Å². The molecule has 4 aromatic carbocycles. The van der Waals surface area contributed by atoms with Gasteiger partial charge in [-0.15, -0.1) is 0 Å². The molecule has 186 valence electrons. The third-order valence-electron chi connectivity index (χ3n) is 5.60. The van der Waals surface area contributed by atoms with E-state index in [0.29, 0.717) is 0 Å². The fraction of sp³-hybridized carbons (Fsp3) is 0. The standard InChI is InChI=1S/C24H18O12/c25-9-6-8(10(15(27)14(9)26)7-4-2-1-3-5-7)11-12(17(29)21(33)20(32)16(11)28)13-18(30)22(34)24(36)23(35)19(13)31/h1-6,25-36H. The normalized spacial score (nSPS) is 11.0.